The van der Waals surface area contributed by atoms with Gasteiger partial charge in [-0.1, -0.05) is 11.6 Å². The number of H-pyrrole nitrogens is 1. The fourth-order valence-corrected chi connectivity index (χ4v) is 4.77. The van der Waals surface area contributed by atoms with E-state index >= 15 is 0 Å². The molecule has 4 heterocycles. The van der Waals surface area contributed by atoms with Crippen molar-refractivity contribution in [2.45, 2.75) is 32.7 Å². The van der Waals surface area contributed by atoms with Crippen LogP contribution in [0.4, 0.5) is 0 Å². The number of aromatic amines is 1. The smallest absolute Gasteiger partial charge is 0.148 e. The van der Waals surface area contributed by atoms with Gasteiger partial charge in [0.25, 0.3) is 0 Å². The molecule has 1 fully saturated rings. The third-order valence-electron chi connectivity index (χ3n) is 6.29. The van der Waals surface area contributed by atoms with Crippen molar-refractivity contribution in [3.63, 3.8) is 0 Å². The topological polar surface area (TPSA) is 93.5 Å². The van der Waals surface area contributed by atoms with Crippen LogP contribution >= 0.6 is 11.6 Å². The maximum Gasteiger partial charge on any atom is 0.148 e. The first kappa shape index (κ1) is 21.1. The summed E-state index contributed by atoms with van der Waals surface area (Å²) >= 11 is 6.76. The average molecular weight is 474 g/mol. The van der Waals surface area contributed by atoms with Crippen molar-refractivity contribution >= 4 is 33.7 Å². The Morgan fingerprint density at radius 1 is 1.06 bits per heavy atom. The highest BCUT2D eigenvalue weighted by Crippen LogP contribution is 2.36. The standard InChI is InChI=1S/C25H24ClN7O/c1-14-18(13-33(32-14)16-7-9-27-10-8-16)22-12-28-20-5-6-23(24(26)25(20)31-22)34-17-3-4-19-21(11-17)30-15(2)29-19/h3-6,11-13,16,27H,7-10H2,1-2H3,(H,29,30). The Morgan fingerprint density at radius 3 is 2.74 bits per heavy atom. The van der Waals surface area contributed by atoms with Crippen molar-refractivity contribution in [3.05, 3.63) is 59.3 Å². The van der Waals surface area contributed by atoms with Crippen molar-refractivity contribution in [1.29, 1.82) is 0 Å². The van der Waals surface area contributed by atoms with Crippen LogP contribution < -0.4 is 10.1 Å². The Hall–Kier alpha value is -3.49. The second kappa shape index (κ2) is 8.38. The average Bonchev–Trinajstić information content (AvgIpc) is 3.42. The molecule has 0 unspecified atom stereocenters. The molecule has 0 atom stereocenters. The fourth-order valence-electron chi connectivity index (χ4n) is 4.53. The molecule has 1 saturated heterocycles. The van der Waals surface area contributed by atoms with Gasteiger partial charge in [0, 0.05) is 17.8 Å². The van der Waals surface area contributed by atoms with E-state index in [0.717, 1.165) is 59.7 Å². The number of benzene rings is 2. The maximum absolute atomic E-state index is 6.76. The second-order valence-electron chi connectivity index (χ2n) is 8.69. The van der Waals surface area contributed by atoms with E-state index in [2.05, 4.69) is 31.1 Å². The van der Waals surface area contributed by atoms with Gasteiger partial charge in [0.15, 0.2) is 0 Å². The van der Waals surface area contributed by atoms with Crippen molar-refractivity contribution in [2.75, 3.05) is 13.1 Å². The van der Waals surface area contributed by atoms with Gasteiger partial charge in [-0.2, -0.15) is 5.10 Å². The van der Waals surface area contributed by atoms with E-state index in [1.54, 1.807) is 6.20 Å². The molecule has 0 aliphatic carbocycles. The van der Waals surface area contributed by atoms with Crippen LogP contribution in [0.1, 0.15) is 30.4 Å². The molecule has 2 N–H and O–H groups in total. The molecule has 172 valence electrons. The number of hydrogen-bond donors (Lipinski definition) is 2. The van der Waals surface area contributed by atoms with Crippen LogP contribution in [0.25, 0.3) is 33.3 Å². The number of ether oxygens (including phenoxy) is 1. The largest absolute Gasteiger partial charge is 0.456 e. The van der Waals surface area contributed by atoms with Gasteiger partial charge < -0.3 is 15.0 Å². The molecule has 8 nitrogen and oxygen atoms in total. The van der Waals surface area contributed by atoms with Crippen LogP contribution in [-0.4, -0.2) is 42.8 Å². The molecule has 9 heteroatoms. The number of nitrogens with zero attached hydrogens (tertiary/aromatic N) is 5. The van der Waals surface area contributed by atoms with Crippen LogP contribution in [0, 0.1) is 13.8 Å². The van der Waals surface area contributed by atoms with Crippen molar-refractivity contribution < 1.29 is 4.74 Å². The van der Waals surface area contributed by atoms with Crippen molar-refractivity contribution in [3.8, 4) is 22.8 Å². The molecule has 3 aromatic heterocycles. The molecule has 34 heavy (non-hydrogen) atoms. The van der Waals surface area contributed by atoms with Crippen molar-refractivity contribution in [1.82, 2.24) is 35.0 Å². The summed E-state index contributed by atoms with van der Waals surface area (Å²) in [6.07, 6.45) is 6.00. The zero-order chi connectivity index (χ0) is 23.2. The molecule has 0 radical (unpaired) electrons. The number of piperidine rings is 1. The number of aromatic nitrogens is 6. The lowest BCUT2D eigenvalue weighted by Gasteiger charge is -2.22. The predicted octanol–water partition coefficient (Wildman–Crippen LogP) is 5.36. The second-order valence-corrected chi connectivity index (χ2v) is 9.07. The number of hydrogen-bond acceptors (Lipinski definition) is 6. The first-order valence-electron chi connectivity index (χ1n) is 11.4. The minimum atomic E-state index is 0.404. The van der Waals surface area contributed by atoms with Gasteiger partial charge in [-0.25, -0.2) is 9.97 Å². The van der Waals surface area contributed by atoms with Crippen LogP contribution in [0.15, 0.2) is 42.7 Å². The van der Waals surface area contributed by atoms with Crippen LogP contribution in [0.3, 0.4) is 0 Å². The highest BCUT2D eigenvalue weighted by atomic mass is 35.5. The fraction of sp³-hybridized carbons (Fsp3) is 0.280. The van der Waals surface area contributed by atoms with Crippen molar-refractivity contribution in [2.24, 2.45) is 0 Å². The Bertz CT molecular complexity index is 1520. The molecule has 0 saturated carbocycles. The van der Waals surface area contributed by atoms with E-state index in [1.165, 1.54) is 0 Å². The first-order chi connectivity index (χ1) is 16.5. The van der Waals surface area contributed by atoms with Crippen LogP contribution in [0.2, 0.25) is 5.02 Å². The van der Waals surface area contributed by atoms with Gasteiger partial charge in [-0.15, -0.1) is 0 Å². The molecule has 0 bridgehead atoms. The molecule has 1 aliphatic rings. The summed E-state index contributed by atoms with van der Waals surface area (Å²) in [7, 11) is 0. The third-order valence-corrected chi connectivity index (χ3v) is 6.66. The minimum absolute atomic E-state index is 0.404. The molecule has 6 rings (SSSR count). The lowest BCUT2D eigenvalue weighted by molar-refractivity contribution is 0.342. The summed E-state index contributed by atoms with van der Waals surface area (Å²) < 4.78 is 8.19. The summed E-state index contributed by atoms with van der Waals surface area (Å²) in [4.78, 5) is 17.1. The van der Waals surface area contributed by atoms with E-state index in [-0.39, 0.29) is 0 Å². The van der Waals surface area contributed by atoms with Gasteiger partial charge in [-0.05, 0) is 64.0 Å². The third kappa shape index (κ3) is 3.78. The lowest BCUT2D eigenvalue weighted by atomic mass is 10.1. The summed E-state index contributed by atoms with van der Waals surface area (Å²) in [5, 5.41) is 8.60. The van der Waals surface area contributed by atoms with Crippen LogP contribution in [-0.2, 0) is 0 Å². The summed E-state index contributed by atoms with van der Waals surface area (Å²) in [5.74, 6) is 2.05. The predicted molar refractivity (Wildman–Crippen MR) is 133 cm³/mol. The van der Waals surface area contributed by atoms with E-state index in [9.17, 15) is 0 Å². The Kier molecular flexibility index (Phi) is 5.19. The number of fused-ring (bicyclic) bond motifs is 2. The molecule has 2 aromatic carbocycles. The molecular formula is C25H24ClN7O. The normalized spacial score (nSPS) is 14.8. The number of halogens is 1. The van der Waals surface area contributed by atoms with E-state index in [4.69, 9.17) is 26.4 Å². The van der Waals surface area contributed by atoms with E-state index in [0.29, 0.717) is 33.6 Å². The Labute approximate surface area is 201 Å². The van der Waals surface area contributed by atoms with Crippen LogP contribution in [0.5, 0.6) is 11.5 Å². The summed E-state index contributed by atoms with van der Waals surface area (Å²) in [6, 6.07) is 9.81. The number of aryl methyl sites for hydroxylation is 2. The molecule has 0 amide bonds. The summed E-state index contributed by atoms with van der Waals surface area (Å²) in [6.45, 7) is 5.96. The highest BCUT2D eigenvalue weighted by Gasteiger charge is 2.19. The van der Waals surface area contributed by atoms with Gasteiger partial charge in [0.1, 0.15) is 27.9 Å². The quantitative estimate of drug-likeness (QED) is 0.365. The minimum Gasteiger partial charge on any atom is -0.456 e. The zero-order valence-corrected chi connectivity index (χ0v) is 19.7. The highest BCUT2D eigenvalue weighted by molar-refractivity contribution is 6.36. The molecular weight excluding hydrogens is 450 g/mol. The molecule has 1 aliphatic heterocycles. The Morgan fingerprint density at radius 2 is 1.88 bits per heavy atom. The van der Waals surface area contributed by atoms with Gasteiger partial charge in [-0.3, -0.25) is 9.67 Å². The lowest BCUT2D eigenvalue weighted by Crippen LogP contribution is -2.29. The van der Waals surface area contributed by atoms with E-state index < -0.39 is 0 Å². The maximum atomic E-state index is 6.76. The molecule has 5 aromatic rings. The SMILES string of the molecule is Cc1nc2ccc(Oc3ccc4ncc(-c5cn(C6CCNCC6)nc5C)nc4c3Cl)cc2[nH]1. The number of nitrogens with one attached hydrogen (secondary N) is 2. The number of rotatable bonds is 4. The van der Waals surface area contributed by atoms with Gasteiger partial charge >= 0.3 is 0 Å². The zero-order valence-electron chi connectivity index (χ0n) is 19.0. The molecule has 0 spiro atoms. The summed E-state index contributed by atoms with van der Waals surface area (Å²) in [5.41, 5.74) is 5.77. The first-order valence-corrected chi connectivity index (χ1v) is 11.8. The van der Waals surface area contributed by atoms with E-state index in [1.807, 2.05) is 44.2 Å². The Balaban J connectivity index is 1.35. The monoisotopic (exact) mass is 473 g/mol. The number of imidazole rings is 1. The van der Waals surface area contributed by atoms with Gasteiger partial charge in [0.05, 0.1) is 40.2 Å². The van der Waals surface area contributed by atoms with Gasteiger partial charge in [0.2, 0.25) is 0 Å².